The number of hydrogen-bond donors (Lipinski definition) is 6. The Morgan fingerprint density at radius 3 is 1.94 bits per heavy atom. The van der Waals surface area contributed by atoms with Gasteiger partial charge in [-0.1, -0.05) is 135 Å². The molecule has 3 rings (SSSR count). The molecule has 522 valence electrons. The Bertz CT molecular complexity index is 2920. The summed E-state index contributed by atoms with van der Waals surface area (Å²) in [6.07, 6.45) is -2.09. The number of guanidine groups is 1. The molecular weight excluding hydrogens is 1210 g/mol. The van der Waals surface area contributed by atoms with E-state index in [1.165, 1.54) is 33.3 Å². The lowest BCUT2D eigenvalue weighted by molar-refractivity contribution is -0.148. The van der Waals surface area contributed by atoms with Crippen LogP contribution in [0.4, 0.5) is 4.79 Å². The van der Waals surface area contributed by atoms with Crippen LogP contribution in [0.15, 0.2) is 64.7 Å². The highest BCUT2D eigenvalue weighted by atomic mass is 16.6. The molecule has 1 aliphatic rings. The van der Waals surface area contributed by atoms with Gasteiger partial charge in [-0.25, -0.2) is 4.79 Å². The predicted octanol–water partition coefficient (Wildman–Crippen LogP) is 5.52. The molecule has 0 bridgehead atoms. The van der Waals surface area contributed by atoms with Gasteiger partial charge in [0.15, 0.2) is 17.5 Å². The number of methoxy groups -OCH3 is 3. The molecule has 0 radical (unpaired) electrons. The molecule has 27 heteroatoms. The third kappa shape index (κ3) is 24.1. The Hall–Kier alpha value is -8.00. The van der Waals surface area contributed by atoms with Gasteiger partial charge in [-0.3, -0.25) is 53.0 Å². The highest BCUT2D eigenvalue weighted by Gasteiger charge is 2.44. The first-order valence-electron chi connectivity index (χ1n) is 32.3. The lowest BCUT2D eigenvalue weighted by Gasteiger charge is -2.41. The Kier molecular flexibility index (Phi) is 33.8. The van der Waals surface area contributed by atoms with E-state index in [1.807, 2.05) is 51.1 Å². The number of benzene rings is 2. The van der Waals surface area contributed by atoms with Crippen molar-refractivity contribution in [3.05, 3.63) is 81.7 Å². The molecule has 6 amide bonds. The number of rotatable bonds is 40. The first-order chi connectivity index (χ1) is 44.4. The fourth-order valence-electron chi connectivity index (χ4n) is 12.0. The van der Waals surface area contributed by atoms with Gasteiger partial charge in [-0.2, -0.15) is 0 Å². The second-order valence-electron chi connectivity index (χ2n) is 25.6. The fraction of sp³-hybridized carbons (Fsp3) is 0.657. The minimum absolute atomic E-state index is 0.0810. The summed E-state index contributed by atoms with van der Waals surface area (Å²) < 4.78 is 22.5. The van der Waals surface area contributed by atoms with Crippen LogP contribution in [-0.4, -0.2) is 188 Å². The standard InChI is InChI=1S/C67H104N12O15/c1-16-41(8)60(54(91-13)34-56(84)79-30-20-23-50(79)62(93-15)43(10)51(80)31-42(9)61(86)46-21-18-17-19-22-46)77(11)65(89)58(39(4)5)75-64(88)59(40(6)7)78(12)67(90)94-37-45-26-24-44(25-27-45)32-52(81)49(35-71-66(68)69)74-63(87)47(38(2)3)33-53(82)48(28-29-57(85)92-14)73-55(83)36-72-76-70/h17-19,21-22,24-27,38-43,47-50,54,58-62,86H,16,20,23,28-37H2,1-15H3,(H,73,83)(H,74,87)(H,75,88)(H4,68,69,71)/t41-,42-,43-,47-,48-,49-,50-,54+,58-,59-,60-,61+,62+/m0/s1. The monoisotopic (exact) mass is 1320 g/mol. The maximum atomic E-state index is 14.8. The number of amides is 6. The number of ketones is 3. The van der Waals surface area contributed by atoms with E-state index in [-0.39, 0.29) is 74.7 Å². The van der Waals surface area contributed by atoms with Crippen molar-refractivity contribution in [3.63, 3.8) is 0 Å². The molecule has 0 saturated carbocycles. The summed E-state index contributed by atoms with van der Waals surface area (Å²) in [5.41, 5.74) is 21.6. The molecule has 1 aliphatic heterocycles. The molecule has 27 nitrogen and oxygen atoms in total. The van der Waals surface area contributed by atoms with Gasteiger partial charge in [0, 0.05) is 77.3 Å². The number of nitrogens with one attached hydrogen (secondary N) is 3. The van der Waals surface area contributed by atoms with Crippen LogP contribution in [0.2, 0.25) is 0 Å². The Morgan fingerprint density at radius 1 is 0.745 bits per heavy atom. The van der Waals surface area contributed by atoms with E-state index in [2.05, 4.69) is 35.7 Å². The van der Waals surface area contributed by atoms with Gasteiger partial charge < -0.3 is 61.3 Å². The van der Waals surface area contributed by atoms with Gasteiger partial charge in [-0.05, 0) is 71.1 Å². The number of nitrogens with two attached hydrogens (primary N) is 2. The topological polar surface area (TPSA) is 387 Å². The number of hydrogen-bond acceptors (Lipinski definition) is 17. The third-order valence-corrected chi connectivity index (χ3v) is 17.7. The minimum Gasteiger partial charge on any atom is -0.469 e. The van der Waals surface area contributed by atoms with Crippen LogP contribution in [0.25, 0.3) is 10.4 Å². The molecule has 0 unspecified atom stereocenters. The zero-order valence-corrected chi connectivity index (χ0v) is 57.6. The number of aliphatic imine (C=N–C) groups is 1. The van der Waals surface area contributed by atoms with Gasteiger partial charge in [0.1, 0.15) is 37.1 Å². The average molecular weight is 1320 g/mol. The third-order valence-electron chi connectivity index (χ3n) is 17.7. The average Bonchev–Trinajstić information content (AvgIpc) is 1.43. The molecule has 0 aromatic heterocycles. The van der Waals surface area contributed by atoms with E-state index < -0.39 is 144 Å². The number of aliphatic hydroxyl groups excluding tert-OH is 1. The number of carbonyl (C=O) groups is 10. The smallest absolute Gasteiger partial charge is 0.410 e. The van der Waals surface area contributed by atoms with E-state index >= 15 is 0 Å². The second kappa shape index (κ2) is 39.6. The van der Waals surface area contributed by atoms with Crippen molar-refractivity contribution >= 4 is 64.9 Å². The van der Waals surface area contributed by atoms with Crippen LogP contribution in [0.1, 0.15) is 143 Å². The molecule has 13 atom stereocenters. The molecule has 0 aliphatic carbocycles. The van der Waals surface area contributed by atoms with Crippen molar-refractivity contribution in [3.8, 4) is 0 Å². The molecule has 2 aromatic carbocycles. The van der Waals surface area contributed by atoms with E-state index in [4.69, 9.17) is 31.2 Å². The van der Waals surface area contributed by atoms with Gasteiger partial charge >= 0.3 is 12.1 Å². The Morgan fingerprint density at radius 2 is 1.38 bits per heavy atom. The van der Waals surface area contributed by atoms with Crippen LogP contribution in [0.5, 0.6) is 0 Å². The normalized spacial score (nSPS) is 16.8. The van der Waals surface area contributed by atoms with E-state index in [9.17, 15) is 53.1 Å². The van der Waals surface area contributed by atoms with Gasteiger partial charge in [0.25, 0.3) is 0 Å². The number of likely N-dealkylation sites (N-methyl/N-ethyl adjacent to an activating group) is 2. The number of nitrogens with zero attached hydrogens (tertiary/aromatic N) is 7. The van der Waals surface area contributed by atoms with E-state index in [0.29, 0.717) is 36.9 Å². The molecule has 1 heterocycles. The van der Waals surface area contributed by atoms with Crippen LogP contribution in [-0.2, 0) is 75.1 Å². The first kappa shape index (κ1) is 80.2. The molecule has 1 saturated heterocycles. The van der Waals surface area contributed by atoms with Gasteiger partial charge in [0.2, 0.25) is 29.5 Å². The molecule has 94 heavy (non-hydrogen) atoms. The van der Waals surface area contributed by atoms with Crippen molar-refractivity contribution in [2.24, 2.45) is 63.0 Å². The molecule has 1 fully saturated rings. The maximum Gasteiger partial charge on any atom is 0.410 e. The summed E-state index contributed by atoms with van der Waals surface area (Å²) in [6.45, 7) is 17.3. The van der Waals surface area contributed by atoms with Crippen molar-refractivity contribution in [1.82, 2.24) is 30.7 Å². The highest BCUT2D eigenvalue weighted by molar-refractivity contribution is 5.96. The van der Waals surface area contributed by atoms with Crippen molar-refractivity contribution < 1.29 is 72.0 Å². The summed E-state index contributed by atoms with van der Waals surface area (Å²) in [6, 6.07) is 10.1. The van der Waals surface area contributed by atoms with Gasteiger partial charge in [0.05, 0.1) is 56.5 Å². The summed E-state index contributed by atoms with van der Waals surface area (Å²) in [7, 11) is 7.26. The maximum absolute atomic E-state index is 14.8. The summed E-state index contributed by atoms with van der Waals surface area (Å²) >= 11 is 0. The lowest BCUT2D eigenvalue weighted by atomic mass is 9.85. The lowest BCUT2D eigenvalue weighted by Crippen LogP contribution is -2.60. The van der Waals surface area contributed by atoms with Crippen LogP contribution >= 0.6 is 0 Å². The second-order valence-corrected chi connectivity index (χ2v) is 25.6. The van der Waals surface area contributed by atoms with Crippen molar-refractivity contribution in [1.29, 1.82) is 0 Å². The summed E-state index contributed by atoms with van der Waals surface area (Å²) in [4.78, 5) is 148. The van der Waals surface area contributed by atoms with Crippen LogP contribution < -0.4 is 27.4 Å². The molecule has 2 aromatic rings. The number of ether oxygens (including phenoxy) is 4. The number of likely N-dealkylation sites (tertiary alicyclic amines) is 1. The Labute approximate surface area is 553 Å². The van der Waals surface area contributed by atoms with Crippen LogP contribution in [0.3, 0.4) is 0 Å². The highest BCUT2D eigenvalue weighted by Crippen LogP contribution is 2.33. The zero-order chi connectivity index (χ0) is 70.7. The summed E-state index contributed by atoms with van der Waals surface area (Å²) in [5.74, 6) is -8.32. The largest absolute Gasteiger partial charge is 0.469 e. The minimum atomic E-state index is -1.25. The first-order valence-corrected chi connectivity index (χ1v) is 32.3. The van der Waals surface area contributed by atoms with Crippen molar-refractivity contribution in [2.75, 3.05) is 55.1 Å². The molecular formula is C67H104N12O15. The SMILES string of the molecule is CC[C@H](C)[C@@H]([C@@H](CC(=O)N1CCC[C@H]1[C@H](OC)[C@@H](C)C(=O)C[C@H](C)[C@@H](O)c1ccccc1)OC)N(C)C(=O)[C@@H](NC(=O)[C@H](C(C)C)N(C)C(=O)OCc1ccc(CC(=O)[C@H](CN=C(N)N)NC(=O)[C@@H](CC(=O)[C@H](CCC(=O)OC)NC(=O)CN=[N+]=[N-])C(C)C)cc1)C(C)C. The summed E-state index contributed by atoms with van der Waals surface area (Å²) in [5, 5.41) is 22.3. The predicted molar refractivity (Wildman–Crippen MR) is 353 cm³/mol. The quantitative estimate of drug-likeness (QED) is 0.0119. The number of azide groups is 1. The number of Topliss-reactive ketones (excluding diaryl/α,β-unsaturated/α-hetero) is 3. The van der Waals surface area contributed by atoms with E-state index in [1.54, 1.807) is 89.6 Å². The zero-order valence-electron chi connectivity index (χ0n) is 57.6. The number of aliphatic hydroxyl groups is 1. The fourth-order valence-corrected chi connectivity index (χ4v) is 12.0. The van der Waals surface area contributed by atoms with Gasteiger partial charge in [-0.15, -0.1) is 0 Å². The van der Waals surface area contributed by atoms with Crippen molar-refractivity contribution in [2.45, 2.75) is 188 Å². The van der Waals surface area contributed by atoms with E-state index in [0.717, 1.165) is 5.56 Å². The number of esters is 1. The Balaban J connectivity index is 1.72. The number of carbonyl (C=O) groups excluding carboxylic acids is 10. The molecule has 0 spiro atoms. The van der Waals surface area contributed by atoms with Crippen LogP contribution in [0, 0.1) is 41.4 Å². The molecule has 8 N–H and O–H groups in total.